The van der Waals surface area contributed by atoms with Crippen molar-refractivity contribution in [2.45, 2.75) is 6.54 Å². The van der Waals surface area contributed by atoms with Crippen molar-refractivity contribution in [1.82, 2.24) is 9.78 Å². The molecule has 0 radical (unpaired) electrons. The molecule has 0 aliphatic heterocycles. The van der Waals surface area contributed by atoms with Crippen LogP contribution in [-0.4, -0.2) is 34.6 Å². The van der Waals surface area contributed by atoms with E-state index in [9.17, 15) is 4.79 Å². The lowest BCUT2D eigenvalue weighted by Crippen LogP contribution is -2.04. The van der Waals surface area contributed by atoms with Crippen molar-refractivity contribution in [2.24, 2.45) is 0 Å². The molecule has 0 atom stereocenters. The van der Waals surface area contributed by atoms with Crippen LogP contribution in [0.15, 0.2) is 10.8 Å². The van der Waals surface area contributed by atoms with E-state index in [0.717, 1.165) is 0 Å². The molecule has 0 aromatic carbocycles. The SMILES string of the molecule is COCCn1cc(C(=O)O)c(Br)n1. The van der Waals surface area contributed by atoms with Crippen LogP contribution in [0.5, 0.6) is 0 Å². The summed E-state index contributed by atoms with van der Waals surface area (Å²) in [7, 11) is 1.58. The van der Waals surface area contributed by atoms with Gasteiger partial charge in [-0.3, -0.25) is 4.68 Å². The summed E-state index contributed by atoms with van der Waals surface area (Å²) in [6.45, 7) is 1.05. The monoisotopic (exact) mass is 248 g/mol. The third-order valence-corrected chi connectivity index (χ3v) is 2.06. The first-order chi connectivity index (χ1) is 6.15. The van der Waals surface area contributed by atoms with Crippen molar-refractivity contribution in [3.63, 3.8) is 0 Å². The highest BCUT2D eigenvalue weighted by Crippen LogP contribution is 2.13. The van der Waals surface area contributed by atoms with E-state index in [1.165, 1.54) is 10.9 Å². The molecule has 1 aromatic rings. The fourth-order valence-corrected chi connectivity index (χ4v) is 1.32. The molecule has 0 fully saturated rings. The van der Waals surface area contributed by atoms with Gasteiger partial charge in [-0.05, 0) is 15.9 Å². The number of methoxy groups -OCH3 is 1. The zero-order valence-electron chi connectivity index (χ0n) is 7.03. The highest BCUT2D eigenvalue weighted by atomic mass is 79.9. The molecule has 0 saturated heterocycles. The van der Waals surface area contributed by atoms with Crippen LogP contribution in [0, 0.1) is 0 Å². The largest absolute Gasteiger partial charge is 0.478 e. The molecule has 1 aromatic heterocycles. The zero-order valence-corrected chi connectivity index (χ0v) is 8.61. The Hall–Kier alpha value is -0.880. The van der Waals surface area contributed by atoms with Gasteiger partial charge >= 0.3 is 5.97 Å². The summed E-state index contributed by atoms with van der Waals surface area (Å²) in [5.41, 5.74) is 0.163. The van der Waals surface area contributed by atoms with Crippen LogP contribution < -0.4 is 0 Å². The van der Waals surface area contributed by atoms with Crippen molar-refractivity contribution in [2.75, 3.05) is 13.7 Å². The number of aromatic nitrogens is 2. The van der Waals surface area contributed by atoms with Crippen LogP contribution >= 0.6 is 15.9 Å². The average molecular weight is 249 g/mol. The molecule has 13 heavy (non-hydrogen) atoms. The van der Waals surface area contributed by atoms with Gasteiger partial charge in [0.05, 0.1) is 13.2 Å². The number of carboxylic acids is 1. The summed E-state index contributed by atoms with van der Waals surface area (Å²) in [6, 6.07) is 0. The molecule has 0 aliphatic rings. The third kappa shape index (κ3) is 2.53. The molecule has 0 aliphatic carbocycles. The molecule has 0 saturated carbocycles. The quantitative estimate of drug-likeness (QED) is 0.864. The van der Waals surface area contributed by atoms with Crippen LogP contribution in [0.25, 0.3) is 0 Å². The summed E-state index contributed by atoms with van der Waals surface area (Å²) < 4.78 is 6.70. The Morgan fingerprint density at radius 2 is 2.54 bits per heavy atom. The lowest BCUT2D eigenvalue weighted by molar-refractivity contribution is 0.0695. The number of ether oxygens (including phenoxy) is 1. The first-order valence-electron chi connectivity index (χ1n) is 3.60. The standard InChI is InChI=1S/C7H9BrN2O3/c1-13-3-2-10-4-5(7(11)12)6(8)9-10/h4H,2-3H2,1H3,(H,11,12). The molecule has 1 N–H and O–H groups in total. The van der Waals surface area contributed by atoms with Crippen molar-refractivity contribution < 1.29 is 14.6 Å². The number of hydrogen-bond acceptors (Lipinski definition) is 3. The van der Waals surface area contributed by atoms with Crippen LogP contribution in [0.1, 0.15) is 10.4 Å². The smallest absolute Gasteiger partial charge is 0.340 e. The Morgan fingerprint density at radius 1 is 1.85 bits per heavy atom. The Labute approximate surface area is 83.4 Å². The predicted octanol–water partition coefficient (Wildman–Crippen LogP) is 0.990. The second kappa shape index (κ2) is 4.38. The van der Waals surface area contributed by atoms with E-state index in [1.54, 1.807) is 7.11 Å². The summed E-state index contributed by atoms with van der Waals surface area (Å²) in [6.07, 6.45) is 1.46. The number of nitrogens with zero attached hydrogens (tertiary/aromatic N) is 2. The van der Waals surface area contributed by atoms with Gasteiger partial charge in [-0.15, -0.1) is 0 Å². The van der Waals surface area contributed by atoms with E-state index in [-0.39, 0.29) is 5.56 Å². The van der Waals surface area contributed by atoms with Crippen molar-refractivity contribution in [3.8, 4) is 0 Å². The van der Waals surface area contributed by atoms with Gasteiger partial charge in [-0.25, -0.2) is 4.79 Å². The second-order valence-electron chi connectivity index (χ2n) is 2.39. The Morgan fingerprint density at radius 3 is 3.00 bits per heavy atom. The number of carbonyl (C=O) groups is 1. The molecule has 0 amide bonds. The Kier molecular flexibility index (Phi) is 3.44. The van der Waals surface area contributed by atoms with Gasteiger partial charge < -0.3 is 9.84 Å². The lowest BCUT2D eigenvalue weighted by Gasteiger charge is -1.97. The number of halogens is 1. The highest BCUT2D eigenvalue weighted by Gasteiger charge is 2.12. The highest BCUT2D eigenvalue weighted by molar-refractivity contribution is 9.10. The normalized spacial score (nSPS) is 10.3. The number of aromatic carboxylic acids is 1. The van der Waals surface area contributed by atoms with Crippen LogP contribution in [0.2, 0.25) is 0 Å². The van der Waals surface area contributed by atoms with Gasteiger partial charge in [0, 0.05) is 13.3 Å². The Bertz CT molecular complexity index is 311. The average Bonchev–Trinajstić information content (AvgIpc) is 2.43. The molecule has 1 heterocycles. The van der Waals surface area contributed by atoms with Crippen molar-refractivity contribution in [3.05, 3.63) is 16.4 Å². The number of rotatable bonds is 4. The minimum Gasteiger partial charge on any atom is -0.478 e. The predicted molar refractivity (Wildman–Crippen MR) is 48.8 cm³/mol. The molecule has 0 spiro atoms. The molecule has 5 nitrogen and oxygen atoms in total. The van der Waals surface area contributed by atoms with Gasteiger partial charge in [0.2, 0.25) is 0 Å². The van der Waals surface area contributed by atoms with E-state index < -0.39 is 5.97 Å². The van der Waals surface area contributed by atoms with E-state index in [0.29, 0.717) is 17.8 Å². The summed E-state index contributed by atoms with van der Waals surface area (Å²) in [5.74, 6) is -0.990. The molecular weight excluding hydrogens is 240 g/mol. The molecule has 6 heteroatoms. The molecule has 0 unspecified atom stereocenters. The van der Waals surface area contributed by atoms with Gasteiger partial charge in [0.1, 0.15) is 10.2 Å². The van der Waals surface area contributed by atoms with Crippen LogP contribution in [0.4, 0.5) is 0 Å². The topological polar surface area (TPSA) is 64.3 Å². The van der Waals surface area contributed by atoms with Crippen molar-refractivity contribution >= 4 is 21.9 Å². The lowest BCUT2D eigenvalue weighted by atomic mass is 10.4. The molecular formula is C7H9BrN2O3. The Balaban J connectivity index is 2.76. The molecule has 1 rings (SSSR count). The minimum absolute atomic E-state index is 0.163. The summed E-state index contributed by atoms with van der Waals surface area (Å²) in [4.78, 5) is 10.6. The maximum atomic E-state index is 10.6. The van der Waals surface area contributed by atoms with E-state index >= 15 is 0 Å². The van der Waals surface area contributed by atoms with Gasteiger partial charge in [-0.2, -0.15) is 5.10 Å². The van der Waals surface area contributed by atoms with Gasteiger partial charge in [0.25, 0.3) is 0 Å². The van der Waals surface area contributed by atoms with Crippen LogP contribution in [0.3, 0.4) is 0 Å². The summed E-state index contributed by atoms with van der Waals surface area (Å²) >= 11 is 3.06. The minimum atomic E-state index is -0.990. The fraction of sp³-hybridized carbons (Fsp3) is 0.429. The van der Waals surface area contributed by atoms with E-state index in [4.69, 9.17) is 9.84 Å². The number of hydrogen-bond donors (Lipinski definition) is 1. The number of carboxylic acid groups (broad SMARTS) is 1. The fourth-order valence-electron chi connectivity index (χ4n) is 0.841. The van der Waals surface area contributed by atoms with Gasteiger partial charge in [-0.1, -0.05) is 0 Å². The maximum absolute atomic E-state index is 10.6. The van der Waals surface area contributed by atoms with Crippen LogP contribution in [-0.2, 0) is 11.3 Å². The maximum Gasteiger partial charge on any atom is 0.340 e. The van der Waals surface area contributed by atoms with Gasteiger partial charge in [0.15, 0.2) is 0 Å². The first kappa shape index (κ1) is 10.2. The first-order valence-corrected chi connectivity index (χ1v) is 4.39. The third-order valence-electron chi connectivity index (χ3n) is 1.47. The second-order valence-corrected chi connectivity index (χ2v) is 3.15. The summed E-state index contributed by atoms with van der Waals surface area (Å²) in [5, 5.41) is 12.6. The molecule has 0 bridgehead atoms. The van der Waals surface area contributed by atoms with E-state index in [2.05, 4.69) is 21.0 Å². The van der Waals surface area contributed by atoms with E-state index in [1.807, 2.05) is 0 Å². The van der Waals surface area contributed by atoms with Crippen molar-refractivity contribution in [1.29, 1.82) is 0 Å². The zero-order chi connectivity index (χ0) is 9.84. The molecule has 72 valence electrons.